The van der Waals surface area contributed by atoms with Crippen LogP contribution < -0.4 is 5.32 Å². The predicted molar refractivity (Wildman–Crippen MR) is 77.3 cm³/mol. The second-order valence-corrected chi connectivity index (χ2v) is 6.09. The van der Waals surface area contributed by atoms with Gasteiger partial charge in [-0.1, -0.05) is 38.1 Å². The van der Waals surface area contributed by atoms with Crippen molar-refractivity contribution in [2.75, 3.05) is 26.9 Å². The Bertz CT molecular complexity index is 431. The SMILES string of the molecule is COCCNC1(CO)CCC(C)(C)c2ccccc21. The van der Waals surface area contributed by atoms with Gasteiger partial charge in [0.15, 0.2) is 0 Å². The van der Waals surface area contributed by atoms with Crippen LogP contribution in [-0.2, 0) is 15.7 Å². The molecule has 0 radical (unpaired) electrons. The minimum atomic E-state index is -0.315. The Morgan fingerprint density at radius 1 is 1.21 bits per heavy atom. The smallest absolute Gasteiger partial charge is 0.0673 e. The van der Waals surface area contributed by atoms with E-state index in [1.165, 1.54) is 11.1 Å². The van der Waals surface area contributed by atoms with Crippen molar-refractivity contribution in [2.45, 2.75) is 37.6 Å². The number of hydrogen-bond donors (Lipinski definition) is 2. The fourth-order valence-electron chi connectivity index (χ4n) is 3.08. The van der Waals surface area contributed by atoms with Crippen LogP contribution in [0.3, 0.4) is 0 Å². The third-order valence-electron chi connectivity index (χ3n) is 4.39. The predicted octanol–water partition coefficient (Wildman–Crippen LogP) is 2.18. The number of methoxy groups -OCH3 is 1. The fraction of sp³-hybridized carbons (Fsp3) is 0.625. The second-order valence-electron chi connectivity index (χ2n) is 6.09. The summed E-state index contributed by atoms with van der Waals surface area (Å²) in [6.07, 6.45) is 2.03. The molecule has 1 aromatic carbocycles. The third kappa shape index (κ3) is 2.69. The van der Waals surface area contributed by atoms with E-state index in [2.05, 4.69) is 43.4 Å². The summed E-state index contributed by atoms with van der Waals surface area (Å²) in [6.45, 7) is 6.10. The van der Waals surface area contributed by atoms with Crippen molar-refractivity contribution in [1.29, 1.82) is 0 Å². The quantitative estimate of drug-likeness (QED) is 0.800. The molecule has 0 saturated heterocycles. The molecule has 0 amide bonds. The van der Waals surface area contributed by atoms with Gasteiger partial charge in [0.1, 0.15) is 0 Å². The van der Waals surface area contributed by atoms with Crippen LogP contribution in [-0.4, -0.2) is 32.0 Å². The minimum absolute atomic E-state index is 0.129. The zero-order valence-electron chi connectivity index (χ0n) is 12.2. The Morgan fingerprint density at radius 2 is 1.89 bits per heavy atom. The lowest BCUT2D eigenvalue weighted by molar-refractivity contribution is 0.113. The molecular formula is C16H25NO2. The van der Waals surface area contributed by atoms with Crippen molar-refractivity contribution in [1.82, 2.24) is 5.32 Å². The highest BCUT2D eigenvalue weighted by molar-refractivity contribution is 5.41. The molecular weight excluding hydrogens is 238 g/mol. The number of benzene rings is 1. The highest BCUT2D eigenvalue weighted by Crippen LogP contribution is 2.44. The maximum absolute atomic E-state index is 9.95. The number of aliphatic hydroxyl groups excluding tert-OH is 1. The van der Waals surface area contributed by atoms with E-state index in [1.54, 1.807) is 7.11 Å². The summed E-state index contributed by atoms with van der Waals surface area (Å²) in [5.74, 6) is 0. The molecule has 2 rings (SSSR count). The van der Waals surface area contributed by atoms with E-state index in [4.69, 9.17) is 4.74 Å². The lowest BCUT2D eigenvalue weighted by atomic mass is 9.65. The lowest BCUT2D eigenvalue weighted by Gasteiger charge is -2.45. The molecule has 0 aliphatic heterocycles. The van der Waals surface area contributed by atoms with E-state index in [-0.39, 0.29) is 17.6 Å². The zero-order valence-corrected chi connectivity index (χ0v) is 12.2. The molecule has 0 fully saturated rings. The number of fused-ring (bicyclic) bond motifs is 1. The molecule has 1 aliphatic carbocycles. The number of hydrogen-bond acceptors (Lipinski definition) is 3. The Hall–Kier alpha value is -0.900. The second kappa shape index (κ2) is 5.61. The van der Waals surface area contributed by atoms with Crippen LogP contribution in [0.15, 0.2) is 24.3 Å². The van der Waals surface area contributed by atoms with Crippen molar-refractivity contribution in [3.8, 4) is 0 Å². The molecule has 1 aliphatic rings. The molecule has 106 valence electrons. The van der Waals surface area contributed by atoms with Crippen LogP contribution in [0, 0.1) is 0 Å². The molecule has 2 N–H and O–H groups in total. The van der Waals surface area contributed by atoms with E-state index in [1.807, 2.05) is 0 Å². The first-order chi connectivity index (χ1) is 9.06. The van der Waals surface area contributed by atoms with E-state index in [0.29, 0.717) is 6.61 Å². The van der Waals surface area contributed by atoms with Crippen LogP contribution in [0.4, 0.5) is 0 Å². The van der Waals surface area contributed by atoms with Gasteiger partial charge in [0.2, 0.25) is 0 Å². The molecule has 19 heavy (non-hydrogen) atoms. The molecule has 0 spiro atoms. The standard InChI is InChI=1S/C16H25NO2/c1-15(2)8-9-16(12-18,17-10-11-19-3)14-7-5-4-6-13(14)15/h4-7,17-18H,8-12H2,1-3H3. The monoisotopic (exact) mass is 263 g/mol. The van der Waals surface area contributed by atoms with E-state index in [9.17, 15) is 5.11 Å². The van der Waals surface area contributed by atoms with Gasteiger partial charge < -0.3 is 15.2 Å². The van der Waals surface area contributed by atoms with Gasteiger partial charge in [0.25, 0.3) is 0 Å². The third-order valence-corrected chi connectivity index (χ3v) is 4.39. The highest BCUT2D eigenvalue weighted by atomic mass is 16.5. The van der Waals surface area contributed by atoms with Crippen LogP contribution in [0.1, 0.15) is 37.8 Å². The molecule has 1 atom stereocenters. The van der Waals surface area contributed by atoms with Crippen molar-refractivity contribution in [2.24, 2.45) is 0 Å². The Kier molecular flexibility index (Phi) is 4.29. The molecule has 3 nitrogen and oxygen atoms in total. The Balaban J connectivity index is 2.36. The topological polar surface area (TPSA) is 41.5 Å². The molecule has 0 heterocycles. The van der Waals surface area contributed by atoms with Gasteiger partial charge in [-0.3, -0.25) is 0 Å². The molecule has 0 bridgehead atoms. The van der Waals surface area contributed by atoms with Crippen molar-refractivity contribution in [3.63, 3.8) is 0 Å². The molecule has 1 unspecified atom stereocenters. The van der Waals surface area contributed by atoms with Crippen molar-refractivity contribution < 1.29 is 9.84 Å². The first-order valence-corrected chi connectivity index (χ1v) is 7.00. The number of rotatable bonds is 5. The van der Waals surface area contributed by atoms with Crippen molar-refractivity contribution >= 4 is 0 Å². The molecule has 0 saturated carbocycles. The van der Waals surface area contributed by atoms with Gasteiger partial charge in [-0.05, 0) is 29.4 Å². The Labute approximate surface area is 116 Å². The van der Waals surface area contributed by atoms with Gasteiger partial charge >= 0.3 is 0 Å². The molecule has 0 aromatic heterocycles. The van der Waals surface area contributed by atoms with E-state index in [0.717, 1.165) is 19.4 Å². The van der Waals surface area contributed by atoms with Gasteiger partial charge in [-0.15, -0.1) is 0 Å². The maximum atomic E-state index is 9.95. The number of aliphatic hydroxyl groups is 1. The van der Waals surface area contributed by atoms with Gasteiger partial charge in [-0.2, -0.15) is 0 Å². The van der Waals surface area contributed by atoms with Crippen LogP contribution >= 0.6 is 0 Å². The zero-order chi connectivity index (χ0) is 13.9. The van der Waals surface area contributed by atoms with E-state index < -0.39 is 0 Å². The van der Waals surface area contributed by atoms with Gasteiger partial charge in [0, 0.05) is 13.7 Å². The van der Waals surface area contributed by atoms with Gasteiger partial charge in [0.05, 0.1) is 18.8 Å². The first kappa shape index (κ1) is 14.5. The first-order valence-electron chi connectivity index (χ1n) is 7.00. The highest BCUT2D eigenvalue weighted by Gasteiger charge is 2.41. The largest absolute Gasteiger partial charge is 0.394 e. The van der Waals surface area contributed by atoms with Gasteiger partial charge in [-0.25, -0.2) is 0 Å². The minimum Gasteiger partial charge on any atom is -0.394 e. The summed E-state index contributed by atoms with van der Waals surface area (Å²) in [7, 11) is 1.70. The average molecular weight is 263 g/mol. The fourth-order valence-corrected chi connectivity index (χ4v) is 3.08. The Morgan fingerprint density at radius 3 is 2.53 bits per heavy atom. The lowest BCUT2D eigenvalue weighted by Crippen LogP contribution is -2.51. The number of nitrogens with one attached hydrogen (secondary N) is 1. The summed E-state index contributed by atoms with van der Waals surface area (Å²) in [5, 5.41) is 13.5. The van der Waals surface area contributed by atoms with Crippen LogP contribution in [0.5, 0.6) is 0 Å². The summed E-state index contributed by atoms with van der Waals surface area (Å²) < 4.78 is 5.11. The molecule has 3 heteroatoms. The van der Waals surface area contributed by atoms with Crippen LogP contribution in [0.25, 0.3) is 0 Å². The summed E-state index contributed by atoms with van der Waals surface area (Å²) in [6, 6.07) is 8.48. The van der Waals surface area contributed by atoms with Crippen LogP contribution in [0.2, 0.25) is 0 Å². The summed E-state index contributed by atoms with van der Waals surface area (Å²) in [4.78, 5) is 0. The number of ether oxygens (including phenoxy) is 1. The van der Waals surface area contributed by atoms with E-state index >= 15 is 0 Å². The average Bonchev–Trinajstić information content (AvgIpc) is 2.42. The molecule has 1 aromatic rings. The van der Waals surface area contributed by atoms with Crippen molar-refractivity contribution in [3.05, 3.63) is 35.4 Å². The summed E-state index contributed by atoms with van der Waals surface area (Å²) >= 11 is 0. The summed E-state index contributed by atoms with van der Waals surface area (Å²) in [5.41, 5.74) is 2.45. The normalized spacial score (nSPS) is 25.1. The maximum Gasteiger partial charge on any atom is 0.0673 e.